The van der Waals surface area contributed by atoms with Crippen LogP contribution in [0.2, 0.25) is 0 Å². The molecule has 0 radical (unpaired) electrons. The van der Waals surface area contributed by atoms with Crippen LogP contribution in [0.15, 0.2) is 39.7 Å². The van der Waals surface area contributed by atoms with Crippen LogP contribution in [0, 0.1) is 0 Å². The number of ether oxygens (including phenoxy) is 1. The summed E-state index contributed by atoms with van der Waals surface area (Å²) >= 11 is 0. The molecule has 1 aromatic heterocycles. The summed E-state index contributed by atoms with van der Waals surface area (Å²) in [6.45, 7) is 3.47. The predicted molar refractivity (Wildman–Crippen MR) is 111 cm³/mol. The van der Waals surface area contributed by atoms with Crippen molar-refractivity contribution < 1.29 is 14.3 Å². The molecular formula is C22H24N4O4. The van der Waals surface area contributed by atoms with Gasteiger partial charge < -0.3 is 15.2 Å². The number of aromatic nitrogens is 2. The maximum atomic E-state index is 12.5. The molecule has 1 aliphatic heterocycles. The molecule has 3 N–H and O–H groups in total. The monoisotopic (exact) mass is 408 g/mol. The molecule has 2 aromatic rings. The summed E-state index contributed by atoms with van der Waals surface area (Å²) < 4.78 is 4.87. The molecule has 0 bridgehead atoms. The zero-order valence-corrected chi connectivity index (χ0v) is 17.2. The molecule has 8 heteroatoms. The second-order valence-corrected chi connectivity index (χ2v) is 8.05. The van der Waals surface area contributed by atoms with Gasteiger partial charge in [0.05, 0.1) is 29.4 Å². The molecule has 2 heterocycles. The van der Waals surface area contributed by atoms with Crippen molar-refractivity contribution >= 4 is 23.5 Å². The van der Waals surface area contributed by atoms with E-state index in [-0.39, 0.29) is 23.3 Å². The fourth-order valence-electron chi connectivity index (χ4n) is 3.84. The van der Waals surface area contributed by atoms with Crippen molar-refractivity contribution in [2.45, 2.75) is 44.6 Å². The number of hydrogen-bond donors (Lipinski definition) is 3. The van der Waals surface area contributed by atoms with Gasteiger partial charge in [0.1, 0.15) is 6.04 Å². The third-order valence-electron chi connectivity index (χ3n) is 5.75. The molecule has 4 rings (SSSR count). The number of nitrogens with zero attached hydrogens (tertiary/aromatic N) is 1. The number of rotatable bonds is 6. The number of hydrogen-bond acceptors (Lipinski definition) is 5. The first kappa shape index (κ1) is 19.9. The highest BCUT2D eigenvalue weighted by molar-refractivity contribution is 5.86. The number of para-hydroxylation sites is 1. The molecular weight excluding hydrogens is 384 g/mol. The smallest absolute Gasteiger partial charge is 0.328 e. The first-order valence-corrected chi connectivity index (χ1v) is 9.87. The highest BCUT2D eigenvalue weighted by Gasteiger charge is 2.42. The molecule has 1 amide bonds. The summed E-state index contributed by atoms with van der Waals surface area (Å²) in [5, 5.41) is 9.97. The van der Waals surface area contributed by atoms with E-state index in [0.29, 0.717) is 11.3 Å². The Hall–Kier alpha value is -3.42. The van der Waals surface area contributed by atoms with Crippen LogP contribution >= 0.6 is 0 Å². The Balaban J connectivity index is 1.81. The largest absolute Gasteiger partial charge is 0.467 e. The zero-order chi connectivity index (χ0) is 21.5. The summed E-state index contributed by atoms with van der Waals surface area (Å²) in [7, 11) is 1.29. The van der Waals surface area contributed by atoms with Crippen LogP contribution in [0.5, 0.6) is 0 Å². The van der Waals surface area contributed by atoms with Crippen LogP contribution in [0.1, 0.15) is 44.4 Å². The number of amides is 1. The second kappa shape index (κ2) is 7.44. The van der Waals surface area contributed by atoms with Crippen LogP contribution in [-0.2, 0) is 19.7 Å². The Morgan fingerprint density at radius 3 is 2.70 bits per heavy atom. The van der Waals surface area contributed by atoms with Crippen LogP contribution < -0.4 is 21.5 Å². The molecule has 1 aliphatic carbocycles. The van der Waals surface area contributed by atoms with Crippen molar-refractivity contribution in [1.29, 1.82) is 0 Å². The average molecular weight is 408 g/mol. The SMILES string of the molecule is COC(=O)C(CC1=c2ccccc2=N/C1=C/c1c(C2(C)CC2)[nH][nH]c1=O)NC(C)=O. The number of H-pyrrole nitrogens is 2. The van der Waals surface area contributed by atoms with Gasteiger partial charge in [-0.2, -0.15) is 0 Å². The molecule has 1 saturated carbocycles. The quantitative estimate of drug-likeness (QED) is 0.609. The summed E-state index contributed by atoms with van der Waals surface area (Å²) in [5.41, 5.74) is 2.56. The lowest BCUT2D eigenvalue weighted by molar-refractivity contribution is -0.144. The topological polar surface area (TPSA) is 116 Å². The molecule has 2 aliphatic rings. The molecule has 30 heavy (non-hydrogen) atoms. The minimum atomic E-state index is -0.850. The zero-order valence-electron chi connectivity index (χ0n) is 17.2. The maximum Gasteiger partial charge on any atom is 0.328 e. The summed E-state index contributed by atoms with van der Waals surface area (Å²) in [6.07, 6.45) is 3.99. The number of benzene rings is 1. The Labute approximate surface area is 172 Å². The van der Waals surface area contributed by atoms with Crippen LogP contribution in [-0.4, -0.2) is 35.2 Å². The van der Waals surface area contributed by atoms with Crippen LogP contribution in [0.4, 0.5) is 0 Å². The maximum absolute atomic E-state index is 12.5. The van der Waals surface area contributed by atoms with E-state index in [4.69, 9.17) is 9.73 Å². The Morgan fingerprint density at radius 2 is 2.03 bits per heavy atom. The fraction of sp³-hybridized carbons (Fsp3) is 0.364. The first-order chi connectivity index (χ1) is 14.3. The van der Waals surface area contributed by atoms with Gasteiger partial charge in [-0.3, -0.25) is 14.7 Å². The van der Waals surface area contributed by atoms with Gasteiger partial charge in [0.15, 0.2) is 0 Å². The second-order valence-electron chi connectivity index (χ2n) is 8.05. The average Bonchev–Trinajstić information content (AvgIpc) is 3.21. The van der Waals surface area contributed by atoms with Crippen LogP contribution in [0.25, 0.3) is 11.6 Å². The number of carbonyl (C=O) groups excluding carboxylic acids is 2. The number of allylic oxidation sites excluding steroid dienone is 1. The van der Waals surface area contributed by atoms with E-state index in [0.717, 1.165) is 34.7 Å². The molecule has 1 fully saturated rings. The molecule has 0 spiro atoms. The van der Waals surface area contributed by atoms with E-state index < -0.39 is 12.0 Å². The van der Waals surface area contributed by atoms with Crippen molar-refractivity contribution in [3.8, 4) is 0 Å². The third kappa shape index (κ3) is 3.60. The Kier molecular flexibility index (Phi) is 4.93. The standard InChI is InChI=1S/C22H24N4O4/c1-12(27)23-18(21(29)30-3)10-14-13-6-4-5-7-16(13)24-17(14)11-15-19(22(2)8-9-22)25-26-20(15)28/h4-7,11,18H,8-10H2,1-3H3,(H,23,27)(H2,25,26,28)/b17-11+. The van der Waals surface area contributed by atoms with E-state index in [9.17, 15) is 14.4 Å². The number of aromatic amines is 2. The summed E-state index contributed by atoms with van der Waals surface area (Å²) in [6, 6.07) is 6.72. The lowest BCUT2D eigenvalue weighted by Crippen LogP contribution is -2.41. The molecule has 8 nitrogen and oxygen atoms in total. The summed E-state index contributed by atoms with van der Waals surface area (Å²) in [5.74, 6) is -0.863. The van der Waals surface area contributed by atoms with E-state index in [1.165, 1.54) is 14.0 Å². The minimum absolute atomic E-state index is 0.0398. The molecule has 1 aromatic carbocycles. The molecule has 1 unspecified atom stereocenters. The van der Waals surface area contributed by atoms with E-state index in [1.807, 2.05) is 24.3 Å². The predicted octanol–water partition coefficient (Wildman–Crippen LogP) is 0.647. The van der Waals surface area contributed by atoms with Crippen LogP contribution in [0.3, 0.4) is 0 Å². The van der Waals surface area contributed by atoms with Crippen molar-refractivity contribution in [2.75, 3.05) is 7.11 Å². The van der Waals surface area contributed by atoms with Crippen molar-refractivity contribution in [1.82, 2.24) is 15.5 Å². The van der Waals surface area contributed by atoms with Crippen molar-refractivity contribution in [2.24, 2.45) is 4.99 Å². The van der Waals surface area contributed by atoms with E-state index in [1.54, 1.807) is 6.08 Å². The number of esters is 1. The van der Waals surface area contributed by atoms with Gasteiger partial charge in [0, 0.05) is 24.0 Å². The molecule has 1 atom stereocenters. The third-order valence-corrected chi connectivity index (χ3v) is 5.75. The minimum Gasteiger partial charge on any atom is -0.467 e. The highest BCUT2D eigenvalue weighted by atomic mass is 16.5. The molecule has 156 valence electrons. The number of carbonyl (C=O) groups is 2. The summed E-state index contributed by atoms with van der Waals surface area (Å²) in [4.78, 5) is 41.1. The highest BCUT2D eigenvalue weighted by Crippen LogP contribution is 2.47. The van der Waals surface area contributed by atoms with Gasteiger partial charge >= 0.3 is 5.97 Å². The fourth-order valence-corrected chi connectivity index (χ4v) is 3.84. The number of nitrogens with one attached hydrogen (secondary N) is 3. The van der Waals surface area contributed by atoms with E-state index >= 15 is 0 Å². The van der Waals surface area contributed by atoms with Crippen molar-refractivity contribution in [3.63, 3.8) is 0 Å². The number of methoxy groups -OCH3 is 1. The van der Waals surface area contributed by atoms with Gasteiger partial charge in [0.25, 0.3) is 5.56 Å². The van der Waals surface area contributed by atoms with Crippen molar-refractivity contribution in [3.05, 3.63) is 62.1 Å². The Morgan fingerprint density at radius 1 is 1.30 bits per heavy atom. The van der Waals surface area contributed by atoms with Gasteiger partial charge in [0.2, 0.25) is 5.91 Å². The normalized spacial score (nSPS) is 18.5. The van der Waals surface area contributed by atoms with Gasteiger partial charge in [-0.15, -0.1) is 0 Å². The molecule has 0 saturated heterocycles. The number of fused-ring (bicyclic) bond motifs is 1. The lowest BCUT2D eigenvalue weighted by atomic mass is 9.97. The lowest BCUT2D eigenvalue weighted by Gasteiger charge is -2.16. The van der Waals surface area contributed by atoms with Gasteiger partial charge in [-0.25, -0.2) is 9.79 Å². The van der Waals surface area contributed by atoms with Gasteiger partial charge in [-0.1, -0.05) is 25.1 Å². The Bertz CT molecular complexity index is 1230. The van der Waals surface area contributed by atoms with E-state index in [2.05, 4.69) is 22.4 Å². The van der Waals surface area contributed by atoms with Gasteiger partial charge in [-0.05, 0) is 30.6 Å². The first-order valence-electron chi connectivity index (χ1n) is 9.87.